The second-order valence-electron chi connectivity index (χ2n) is 5.11. The molecule has 1 saturated carbocycles. The van der Waals surface area contributed by atoms with Gasteiger partial charge in [0.2, 0.25) is 5.92 Å². The predicted molar refractivity (Wildman–Crippen MR) is 74.7 cm³/mol. The van der Waals surface area contributed by atoms with Crippen LogP contribution in [0, 0.1) is 11.7 Å². The van der Waals surface area contributed by atoms with E-state index in [1.54, 1.807) is 12.1 Å². The molecule has 0 heterocycles. The molecule has 0 N–H and O–H groups in total. The summed E-state index contributed by atoms with van der Waals surface area (Å²) >= 11 is 9.49. The van der Waals surface area contributed by atoms with E-state index in [4.69, 9.17) is 11.6 Å². The maximum atomic E-state index is 13.7. The van der Waals surface area contributed by atoms with Crippen LogP contribution < -0.4 is 0 Å². The lowest BCUT2D eigenvalue weighted by Crippen LogP contribution is -2.29. The van der Waals surface area contributed by atoms with Crippen molar-refractivity contribution in [2.24, 2.45) is 5.92 Å². The average molecular weight is 356 g/mol. The van der Waals surface area contributed by atoms with Crippen LogP contribution >= 0.6 is 27.5 Å². The fourth-order valence-corrected chi connectivity index (χ4v) is 3.61. The van der Waals surface area contributed by atoms with Gasteiger partial charge < -0.3 is 0 Å². The number of hydrogen-bond acceptors (Lipinski definition) is 0. The van der Waals surface area contributed by atoms with Crippen molar-refractivity contribution in [3.05, 3.63) is 34.6 Å². The Balaban J connectivity index is 2.00. The van der Waals surface area contributed by atoms with Crippen molar-refractivity contribution in [2.45, 2.75) is 42.9 Å². The van der Waals surface area contributed by atoms with Gasteiger partial charge in [0, 0.05) is 28.3 Å². The van der Waals surface area contributed by atoms with Crippen LogP contribution in [0.1, 0.15) is 31.2 Å². The molecule has 0 saturated heterocycles. The maximum absolute atomic E-state index is 13.7. The lowest BCUT2D eigenvalue weighted by atomic mass is 9.83. The second kappa shape index (κ2) is 6.04. The van der Waals surface area contributed by atoms with Crippen molar-refractivity contribution in [1.29, 1.82) is 0 Å². The van der Waals surface area contributed by atoms with Gasteiger partial charge in [0.15, 0.2) is 0 Å². The van der Waals surface area contributed by atoms with Crippen LogP contribution in [0.25, 0.3) is 0 Å². The van der Waals surface area contributed by atoms with E-state index in [2.05, 4.69) is 15.9 Å². The molecule has 106 valence electrons. The molecule has 1 fully saturated rings. The molecule has 0 radical (unpaired) electrons. The monoisotopic (exact) mass is 354 g/mol. The zero-order valence-electron chi connectivity index (χ0n) is 10.3. The Morgan fingerprint density at radius 3 is 2.53 bits per heavy atom. The van der Waals surface area contributed by atoms with Crippen molar-refractivity contribution < 1.29 is 13.2 Å². The largest absolute Gasteiger partial charge is 0.248 e. The normalized spacial score (nSPS) is 21.3. The van der Waals surface area contributed by atoms with Gasteiger partial charge in [0.25, 0.3) is 0 Å². The minimum atomic E-state index is -2.53. The highest BCUT2D eigenvalue weighted by Gasteiger charge is 2.37. The fourth-order valence-electron chi connectivity index (χ4n) is 2.51. The van der Waals surface area contributed by atoms with Crippen molar-refractivity contribution >= 4 is 27.5 Å². The highest BCUT2D eigenvalue weighted by Crippen LogP contribution is 2.40. The third-order valence-corrected chi connectivity index (χ3v) is 5.16. The summed E-state index contributed by atoms with van der Waals surface area (Å²) in [5, 5.41) is 0.394. The van der Waals surface area contributed by atoms with Crippen LogP contribution in [0.15, 0.2) is 18.2 Å². The van der Waals surface area contributed by atoms with E-state index in [1.165, 1.54) is 6.07 Å². The molecular weight excluding hydrogens is 341 g/mol. The molecule has 1 atom stereocenters. The number of halogens is 5. The summed E-state index contributed by atoms with van der Waals surface area (Å²) in [7, 11) is 0. The molecule has 1 aromatic rings. The van der Waals surface area contributed by atoms with Gasteiger partial charge in [-0.1, -0.05) is 33.6 Å². The minimum Gasteiger partial charge on any atom is -0.207 e. The van der Waals surface area contributed by atoms with Crippen molar-refractivity contribution in [1.82, 2.24) is 0 Å². The number of hydrogen-bond donors (Lipinski definition) is 0. The molecule has 1 aliphatic carbocycles. The quantitative estimate of drug-likeness (QED) is 0.618. The Morgan fingerprint density at radius 2 is 1.95 bits per heavy atom. The third-order valence-electron chi connectivity index (χ3n) is 3.73. The molecule has 0 aliphatic heterocycles. The van der Waals surface area contributed by atoms with Crippen molar-refractivity contribution in [3.8, 4) is 0 Å². The molecule has 0 spiro atoms. The molecular formula is C14H15BrClF3. The smallest absolute Gasteiger partial charge is 0.207 e. The zero-order valence-corrected chi connectivity index (χ0v) is 12.7. The van der Waals surface area contributed by atoms with Gasteiger partial charge in [-0.25, -0.2) is 13.2 Å². The van der Waals surface area contributed by atoms with E-state index in [9.17, 15) is 13.2 Å². The zero-order chi connectivity index (χ0) is 14.0. The van der Waals surface area contributed by atoms with Crippen molar-refractivity contribution in [3.63, 3.8) is 0 Å². The Morgan fingerprint density at radius 1 is 1.32 bits per heavy atom. The summed E-state index contributed by atoms with van der Waals surface area (Å²) in [6.07, 6.45) is 1.21. The van der Waals surface area contributed by atoms with Crippen LogP contribution in [-0.2, 0) is 6.42 Å². The third kappa shape index (κ3) is 3.88. The van der Waals surface area contributed by atoms with Crippen LogP contribution in [0.5, 0.6) is 0 Å². The highest BCUT2D eigenvalue weighted by atomic mass is 79.9. The van der Waals surface area contributed by atoms with E-state index in [1.807, 2.05) is 0 Å². The first-order valence-corrected chi connectivity index (χ1v) is 7.63. The first-order chi connectivity index (χ1) is 8.89. The fraction of sp³-hybridized carbons (Fsp3) is 0.571. The number of rotatable bonds is 3. The van der Waals surface area contributed by atoms with Crippen LogP contribution in [0.4, 0.5) is 13.2 Å². The SMILES string of the molecule is Fc1cccc(Cl)c1CC(Br)C1CCC(F)(F)CC1. The first-order valence-electron chi connectivity index (χ1n) is 6.34. The molecule has 19 heavy (non-hydrogen) atoms. The maximum Gasteiger partial charge on any atom is 0.248 e. The van der Waals surface area contributed by atoms with Crippen molar-refractivity contribution in [2.75, 3.05) is 0 Å². The van der Waals surface area contributed by atoms with Gasteiger partial charge in [-0.15, -0.1) is 0 Å². The summed E-state index contributed by atoms with van der Waals surface area (Å²) in [4.78, 5) is -0.0157. The predicted octanol–water partition coefficient (Wildman–Crippen LogP) is 5.61. The molecule has 0 aromatic heterocycles. The highest BCUT2D eigenvalue weighted by molar-refractivity contribution is 9.09. The first kappa shape index (κ1) is 15.2. The summed E-state index contributed by atoms with van der Waals surface area (Å²) in [5.74, 6) is -2.72. The van der Waals surface area contributed by atoms with Crippen LogP contribution in [0.3, 0.4) is 0 Å². The van der Waals surface area contributed by atoms with Crippen LogP contribution in [0.2, 0.25) is 5.02 Å². The van der Waals surface area contributed by atoms with E-state index in [0.717, 1.165) is 0 Å². The molecule has 1 unspecified atom stereocenters. The summed E-state index contributed by atoms with van der Waals surface area (Å²) in [6, 6.07) is 4.58. The van der Waals surface area contributed by atoms with Gasteiger partial charge in [0.05, 0.1) is 0 Å². The minimum absolute atomic E-state index is 0.0157. The molecule has 2 rings (SSSR count). The van der Waals surface area contributed by atoms with Gasteiger partial charge >= 0.3 is 0 Å². The lowest BCUT2D eigenvalue weighted by molar-refractivity contribution is -0.0456. The van der Waals surface area contributed by atoms with Gasteiger partial charge in [-0.2, -0.15) is 0 Å². The molecule has 1 aromatic carbocycles. The Labute approximate surface area is 124 Å². The van der Waals surface area contributed by atoms with E-state index < -0.39 is 5.92 Å². The summed E-state index contributed by atoms with van der Waals surface area (Å²) in [6.45, 7) is 0. The average Bonchev–Trinajstić information content (AvgIpc) is 2.33. The van der Waals surface area contributed by atoms with E-state index in [-0.39, 0.29) is 29.4 Å². The Kier molecular flexibility index (Phi) is 4.83. The molecule has 0 bridgehead atoms. The molecule has 1 aliphatic rings. The summed E-state index contributed by atoms with van der Waals surface area (Å²) in [5.41, 5.74) is 0.461. The lowest BCUT2D eigenvalue weighted by Gasteiger charge is -2.31. The standard InChI is InChI=1S/C14H15BrClF3/c15-11(9-4-6-14(18,19)7-5-9)8-10-12(16)2-1-3-13(10)17/h1-3,9,11H,4-8H2. The van der Waals surface area contributed by atoms with Gasteiger partial charge in [-0.05, 0) is 37.3 Å². The topological polar surface area (TPSA) is 0 Å². The van der Waals surface area contributed by atoms with Gasteiger partial charge in [-0.3, -0.25) is 0 Å². The van der Waals surface area contributed by atoms with E-state index >= 15 is 0 Å². The van der Waals surface area contributed by atoms with E-state index in [0.29, 0.717) is 29.8 Å². The Bertz CT molecular complexity index is 420. The van der Waals surface area contributed by atoms with Crippen LogP contribution in [-0.4, -0.2) is 10.7 Å². The molecule has 5 heteroatoms. The number of benzene rings is 1. The second-order valence-corrected chi connectivity index (χ2v) is 6.70. The molecule has 0 amide bonds. The van der Waals surface area contributed by atoms with Gasteiger partial charge in [0.1, 0.15) is 5.82 Å². The Hall–Kier alpha value is -0.220. The molecule has 0 nitrogen and oxygen atoms in total. The number of alkyl halides is 3. The summed E-state index contributed by atoms with van der Waals surface area (Å²) < 4.78 is 39.9.